The second kappa shape index (κ2) is 6.83. The third-order valence-electron chi connectivity index (χ3n) is 2.93. The summed E-state index contributed by atoms with van der Waals surface area (Å²) in [6, 6.07) is 11.6. The lowest BCUT2D eigenvalue weighted by atomic mass is 10.0. The van der Waals surface area contributed by atoms with Gasteiger partial charge in [-0.15, -0.1) is 0 Å². The Morgan fingerprint density at radius 3 is 2.45 bits per heavy atom. The van der Waals surface area contributed by atoms with Crippen LogP contribution >= 0.6 is 43.5 Å². The second-order valence-corrected chi connectivity index (χ2v) is 6.27. The van der Waals surface area contributed by atoms with E-state index in [2.05, 4.69) is 31.9 Å². The molecule has 0 aliphatic carbocycles. The summed E-state index contributed by atoms with van der Waals surface area (Å²) in [6.07, 6.45) is 0. The van der Waals surface area contributed by atoms with Gasteiger partial charge in [0.1, 0.15) is 16.0 Å². The van der Waals surface area contributed by atoms with Crippen molar-refractivity contribution in [3.05, 3.63) is 57.0 Å². The minimum atomic E-state index is -0.0154. The zero-order valence-corrected chi connectivity index (χ0v) is 14.9. The molecule has 0 fully saturated rings. The smallest absolute Gasteiger partial charge is 0.141 e. The van der Waals surface area contributed by atoms with Crippen LogP contribution in [-0.4, -0.2) is 14.2 Å². The topological polar surface area (TPSA) is 18.5 Å². The lowest BCUT2D eigenvalue weighted by molar-refractivity contribution is 0.386. The summed E-state index contributed by atoms with van der Waals surface area (Å²) in [6.45, 7) is 0. The molecule has 106 valence electrons. The van der Waals surface area contributed by atoms with Gasteiger partial charge in [0.25, 0.3) is 0 Å². The van der Waals surface area contributed by atoms with Crippen LogP contribution in [0.3, 0.4) is 0 Å². The number of methoxy groups -OCH3 is 2. The van der Waals surface area contributed by atoms with Gasteiger partial charge in [0.2, 0.25) is 0 Å². The van der Waals surface area contributed by atoms with Crippen molar-refractivity contribution in [3.63, 3.8) is 0 Å². The van der Waals surface area contributed by atoms with Crippen molar-refractivity contribution in [1.29, 1.82) is 0 Å². The van der Waals surface area contributed by atoms with E-state index >= 15 is 0 Å². The fourth-order valence-corrected chi connectivity index (χ4v) is 3.49. The molecule has 0 saturated heterocycles. The molecule has 0 spiro atoms. The molecule has 0 aliphatic heterocycles. The summed E-state index contributed by atoms with van der Waals surface area (Å²) in [5.41, 5.74) is 2.07. The minimum Gasteiger partial charge on any atom is -0.495 e. The molecule has 1 unspecified atom stereocenters. The van der Waals surface area contributed by atoms with E-state index in [0.29, 0.717) is 5.02 Å². The largest absolute Gasteiger partial charge is 0.495 e. The van der Waals surface area contributed by atoms with E-state index < -0.39 is 0 Å². The van der Waals surface area contributed by atoms with Crippen LogP contribution in [0.25, 0.3) is 0 Å². The maximum atomic E-state index is 6.05. The van der Waals surface area contributed by atoms with Gasteiger partial charge in [-0.25, -0.2) is 0 Å². The molecule has 0 heterocycles. The zero-order valence-electron chi connectivity index (χ0n) is 11.0. The normalized spacial score (nSPS) is 12.1. The van der Waals surface area contributed by atoms with Crippen LogP contribution < -0.4 is 9.47 Å². The first kappa shape index (κ1) is 15.7. The molecule has 0 bridgehead atoms. The fourth-order valence-electron chi connectivity index (χ4n) is 1.96. The van der Waals surface area contributed by atoms with E-state index in [1.807, 2.05) is 36.4 Å². The molecule has 2 rings (SSSR count). The molecular formula is C15H13Br2ClO2. The van der Waals surface area contributed by atoms with Crippen molar-refractivity contribution in [3.8, 4) is 11.5 Å². The molecule has 0 amide bonds. The summed E-state index contributed by atoms with van der Waals surface area (Å²) in [7, 11) is 3.27. The Bertz CT molecular complexity index is 617. The average Bonchev–Trinajstić information content (AvgIpc) is 2.46. The molecule has 1 atom stereocenters. The zero-order chi connectivity index (χ0) is 14.7. The van der Waals surface area contributed by atoms with Gasteiger partial charge in [-0.2, -0.15) is 0 Å². The Morgan fingerprint density at radius 1 is 1.10 bits per heavy atom. The summed E-state index contributed by atoms with van der Waals surface area (Å²) in [5, 5.41) is 0.707. The molecule has 0 saturated carbocycles. The first-order valence-electron chi connectivity index (χ1n) is 5.88. The molecule has 0 aliphatic rings. The quantitative estimate of drug-likeness (QED) is 0.599. The monoisotopic (exact) mass is 418 g/mol. The predicted octanol–water partition coefficient (Wildman–Crippen LogP) is 5.60. The molecule has 0 N–H and O–H groups in total. The summed E-state index contributed by atoms with van der Waals surface area (Å²) >= 11 is 13.3. The standard InChI is InChI=1S/C15H13Br2ClO2/c1-19-12-7-6-11(15(20-2)14(12)17)13(16)9-4-3-5-10(18)8-9/h3-8,13H,1-2H3. The van der Waals surface area contributed by atoms with Crippen molar-refractivity contribution in [2.75, 3.05) is 14.2 Å². The van der Waals surface area contributed by atoms with Crippen molar-refractivity contribution >= 4 is 43.5 Å². The third-order valence-corrected chi connectivity index (χ3v) is 4.94. The lowest BCUT2D eigenvalue weighted by Gasteiger charge is -2.17. The highest BCUT2D eigenvalue weighted by molar-refractivity contribution is 9.10. The van der Waals surface area contributed by atoms with Crippen LogP contribution in [0, 0.1) is 0 Å². The highest BCUT2D eigenvalue weighted by Crippen LogP contribution is 2.44. The Hall–Kier alpha value is -0.710. The van der Waals surface area contributed by atoms with Crippen LogP contribution in [0.15, 0.2) is 40.9 Å². The third kappa shape index (κ3) is 3.13. The van der Waals surface area contributed by atoms with E-state index in [9.17, 15) is 0 Å². The van der Waals surface area contributed by atoms with Gasteiger partial charge in [0.15, 0.2) is 0 Å². The Labute approximate surface area is 140 Å². The van der Waals surface area contributed by atoms with Gasteiger partial charge in [0, 0.05) is 10.6 Å². The van der Waals surface area contributed by atoms with Crippen LogP contribution in [-0.2, 0) is 0 Å². The highest BCUT2D eigenvalue weighted by Gasteiger charge is 2.20. The van der Waals surface area contributed by atoms with E-state index in [1.54, 1.807) is 14.2 Å². The number of benzene rings is 2. The SMILES string of the molecule is COc1ccc(C(Br)c2cccc(Cl)c2)c(OC)c1Br. The van der Waals surface area contributed by atoms with Crippen molar-refractivity contribution in [1.82, 2.24) is 0 Å². The maximum Gasteiger partial charge on any atom is 0.141 e. The van der Waals surface area contributed by atoms with Gasteiger partial charge in [-0.3, -0.25) is 0 Å². The number of alkyl halides is 1. The molecule has 2 aromatic carbocycles. The van der Waals surface area contributed by atoms with Gasteiger partial charge >= 0.3 is 0 Å². The molecule has 0 aromatic heterocycles. The molecule has 5 heteroatoms. The number of halogens is 3. The van der Waals surface area contributed by atoms with E-state index in [4.69, 9.17) is 21.1 Å². The first-order chi connectivity index (χ1) is 9.58. The number of rotatable bonds is 4. The average molecular weight is 421 g/mol. The van der Waals surface area contributed by atoms with Crippen LogP contribution in [0.5, 0.6) is 11.5 Å². The predicted molar refractivity (Wildman–Crippen MR) is 89.5 cm³/mol. The molecular weight excluding hydrogens is 407 g/mol. The summed E-state index contributed by atoms with van der Waals surface area (Å²) < 4.78 is 11.6. The minimum absolute atomic E-state index is 0.0154. The van der Waals surface area contributed by atoms with E-state index in [0.717, 1.165) is 27.1 Å². The highest BCUT2D eigenvalue weighted by atomic mass is 79.9. The van der Waals surface area contributed by atoms with Crippen molar-refractivity contribution in [2.45, 2.75) is 4.83 Å². The van der Waals surface area contributed by atoms with E-state index in [1.165, 1.54) is 0 Å². The van der Waals surface area contributed by atoms with Gasteiger partial charge in [-0.1, -0.05) is 45.7 Å². The van der Waals surface area contributed by atoms with E-state index in [-0.39, 0.29) is 4.83 Å². The summed E-state index contributed by atoms with van der Waals surface area (Å²) in [4.78, 5) is -0.0154. The van der Waals surface area contributed by atoms with Crippen LogP contribution in [0.1, 0.15) is 16.0 Å². The Morgan fingerprint density at radius 2 is 1.85 bits per heavy atom. The number of hydrogen-bond acceptors (Lipinski definition) is 2. The number of hydrogen-bond donors (Lipinski definition) is 0. The molecule has 2 aromatic rings. The second-order valence-electron chi connectivity index (χ2n) is 4.12. The Kier molecular flexibility index (Phi) is 5.35. The molecule has 0 radical (unpaired) electrons. The number of ether oxygens (including phenoxy) is 2. The van der Waals surface area contributed by atoms with Gasteiger partial charge < -0.3 is 9.47 Å². The first-order valence-corrected chi connectivity index (χ1v) is 7.97. The maximum absolute atomic E-state index is 6.05. The van der Waals surface area contributed by atoms with Crippen LogP contribution in [0.2, 0.25) is 5.02 Å². The molecule has 2 nitrogen and oxygen atoms in total. The fraction of sp³-hybridized carbons (Fsp3) is 0.200. The van der Waals surface area contributed by atoms with Crippen molar-refractivity contribution in [2.24, 2.45) is 0 Å². The van der Waals surface area contributed by atoms with Gasteiger partial charge in [-0.05, 0) is 39.7 Å². The molecule has 20 heavy (non-hydrogen) atoms. The van der Waals surface area contributed by atoms with Crippen LogP contribution in [0.4, 0.5) is 0 Å². The van der Waals surface area contributed by atoms with Gasteiger partial charge in [0.05, 0.1) is 19.0 Å². The Balaban J connectivity index is 2.49. The van der Waals surface area contributed by atoms with Crippen molar-refractivity contribution < 1.29 is 9.47 Å². The lowest BCUT2D eigenvalue weighted by Crippen LogP contribution is -1.99. The summed E-state index contributed by atoms with van der Waals surface area (Å²) in [5.74, 6) is 1.47.